The molecule has 3 aromatic rings. The van der Waals surface area contributed by atoms with E-state index >= 15 is 0 Å². The number of carbonyl (C=O) groups excluding carboxylic acids is 1. The molecular weight excluding hydrogens is 471 g/mol. The van der Waals surface area contributed by atoms with Crippen LogP contribution < -0.4 is 5.56 Å². The molecule has 1 atom stereocenters. The lowest BCUT2D eigenvalue weighted by molar-refractivity contribution is -0.384. The highest BCUT2D eigenvalue weighted by Crippen LogP contribution is 2.28. The van der Waals surface area contributed by atoms with Crippen molar-refractivity contribution in [3.8, 4) is 0 Å². The number of methoxy groups -OCH3 is 1. The zero-order valence-electron chi connectivity index (χ0n) is 18.2. The molecule has 1 aromatic heterocycles. The normalized spacial score (nSPS) is 12.0. The zero-order chi connectivity index (χ0) is 24.3. The van der Waals surface area contributed by atoms with Crippen LogP contribution in [0.25, 0.3) is 10.9 Å². The average Bonchev–Trinajstić information content (AvgIpc) is 2.78. The smallest absolute Gasteiger partial charge is 0.288 e. The van der Waals surface area contributed by atoms with Crippen LogP contribution in [-0.4, -0.2) is 45.5 Å². The number of nitro groups is 1. The molecule has 9 nitrogen and oxygen atoms in total. The monoisotopic (exact) mass is 492 g/mol. The summed E-state index contributed by atoms with van der Waals surface area (Å²) in [6.07, 6.45) is 0.510. The quantitative estimate of drug-likeness (QED) is 0.262. The number of nitro benzene ring substituents is 1. The summed E-state index contributed by atoms with van der Waals surface area (Å²) in [5.41, 5.74) is -0.120. The van der Waals surface area contributed by atoms with Crippen molar-refractivity contribution < 1.29 is 14.5 Å². The maximum absolute atomic E-state index is 13.4. The minimum absolute atomic E-state index is 0.0639. The van der Waals surface area contributed by atoms with Crippen molar-refractivity contribution in [2.45, 2.75) is 19.4 Å². The van der Waals surface area contributed by atoms with Gasteiger partial charge >= 0.3 is 0 Å². The SMILES string of the molecule is COCCCN(C(=O)c1ccc(Cl)c([N+](=O)[O-])c1)C(C)c1nc2cc(Cl)ccc2c(=O)n1C. The molecule has 0 saturated heterocycles. The molecule has 0 bridgehead atoms. The standard InChI is InChI=1S/C22H22Cl2N4O5/c1-13(20-25-18-12-15(23)6-7-16(18)22(30)26(20)2)27(9-4-10-33-3)21(29)14-5-8-17(24)19(11-14)28(31)32/h5-8,11-13H,4,9-10H2,1-3H3. The minimum Gasteiger partial charge on any atom is -0.385 e. The molecule has 11 heteroatoms. The van der Waals surface area contributed by atoms with Crippen LogP contribution in [0, 0.1) is 10.1 Å². The Morgan fingerprint density at radius 3 is 2.67 bits per heavy atom. The number of ether oxygens (including phenoxy) is 1. The van der Waals surface area contributed by atoms with E-state index in [9.17, 15) is 19.7 Å². The van der Waals surface area contributed by atoms with E-state index in [1.54, 1.807) is 39.3 Å². The summed E-state index contributed by atoms with van der Waals surface area (Å²) in [6, 6.07) is 8.07. The third-order valence-electron chi connectivity index (χ3n) is 5.31. The number of nitrogens with zero attached hydrogens (tertiary/aromatic N) is 4. The van der Waals surface area contributed by atoms with Crippen LogP contribution in [0.3, 0.4) is 0 Å². The number of amides is 1. The van der Waals surface area contributed by atoms with E-state index in [-0.39, 0.29) is 28.4 Å². The van der Waals surface area contributed by atoms with Gasteiger partial charge in [-0.15, -0.1) is 0 Å². The molecule has 0 spiro atoms. The number of carbonyl (C=O) groups is 1. The number of fused-ring (bicyclic) bond motifs is 1. The van der Waals surface area contributed by atoms with E-state index in [1.165, 1.54) is 21.6 Å². The molecule has 33 heavy (non-hydrogen) atoms. The van der Waals surface area contributed by atoms with Gasteiger partial charge in [0.15, 0.2) is 0 Å². The van der Waals surface area contributed by atoms with Crippen LogP contribution in [0.15, 0.2) is 41.2 Å². The van der Waals surface area contributed by atoms with Crippen molar-refractivity contribution >= 4 is 45.7 Å². The predicted molar refractivity (Wildman–Crippen MR) is 126 cm³/mol. The van der Waals surface area contributed by atoms with Crippen LogP contribution in [-0.2, 0) is 11.8 Å². The maximum atomic E-state index is 13.4. The Bertz CT molecular complexity index is 1280. The summed E-state index contributed by atoms with van der Waals surface area (Å²) in [4.78, 5) is 43.1. The Morgan fingerprint density at radius 1 is 1.27 bits per heavy atom. The van der Waals surface area contributed by atoms with Gasteiger partial charge in [-0.25, -0.2) is 4.98 Å². The van der Waals surface area contributed by atoms with Crippen LogP contribution in [0.4, 0.5) is 5.69 Å². The Kier molecular flexibility index (Phi) is 7.68. The average molecular weight is 493 g/mol. The number of halogens is 2. The molecule has 3 rings (SSSR count). The second-order valence-electron chi connectivity index (χ2n) is 7.44. The van der Waals surface area contributed by atoms with Crippen LogP contribution in [0.2, 0.25) is 10.0 Å². The molecule has 0 radical (unpaired) electrons. The number of hydrogen-bond donors (Lipinski definition) is 0. The molecule has 0 aliphatic heterocycles. The van der Waals surface area contributed by atoms with E-state index < -0.39 is 16.9 Å². The van der Waals surface area contributed by atoms with Crippen LogP contribution in [0.5, 0.6) is 0 Å². The Hall–Kier alpha value is -3.01. The lowest BCUT2D eigenvalue weighted by Gasteiger charge is -2.30. The van der Waals surface area contributed by atoms with Gasteiger partial charge in [-0.05, 0) is 43.7 Å². The molecule has 0 N–H and O–H groups in total. The van der Waals surface area contributed by atoms with Gasteiger partial charge in [-0.1, -0.05) is 23.2 Å². The molecule has 1 unspecified atom stereocenters. The fraction of sp³-hybridized carbons (Fsp3) is 0.318. The highest BCUT2D eigenvalue weighted by molar-refractivity contribution is 6.32. The van der Waals surface area contributed by atoms with Crippen molar-refractivity contribution in [2.75, 3.05) is 20.3 Å². The summed E-state index contributed by atoms with van der Waals surface area (Å²) in [7, 11) is 3.14. The summed E-state index contributed by atoms with van der Waals surface area (Å²) in [5, 5.41) is 12.1. The van der Waals surface area contributed by atoms with E-state index in [0.717, 1.165) is 6.07 Å². The summed E-state index contributed by atoms with van der Waals surface area (Å²) >= 11 is 12.0. The number of aromatic nitrogens is 2. The summed E-state index contributed by atoms with van der Waals surface area (Å²) < 4.78 is 6.50. The largest absolute Gasteiger partial charge is 0.385 e. The van der Waals surface area contributed by atoms with Gasteiger partial charge in [0.1, 0.15) is 10.8 Å². The van der Waals surface area contributed by atoms with Crippen molar-refractivity contribution in [3.05, 3.63) is 78.3 Å². The lowest BCUT2D eigenvalue weighted by Crippen LogP contribution is -2.38. The molecule has 0 saturated carbocycles. The van der Waals surface area contributed by atoms with E-state index in [2.05, 4.69) is 4.98 Å². The fourth-order valence-electron chi connectivity index (χ4n) is 3.58. The number of benzene rings is 2. The Balaban J connectivity index is 2.08. The van der Waals surface area contributed by atoms with Gasteiger partial charge in [0, 0.05) is 44.0 Å². The maximum Gasteiger partial charge on any atom is 0.288 e. The van der Waals surface area contributed by atoms with Gasteiger partial charge in [0.2, 0.25) is 0 Å². The first-order chi connectivity index (χ1) is 15.6. The highest BCUT2D eigenvalue weighted by atomic mass is 35.5. The van der Waals surface area contributed by atoms with Crippen molar-refractivity contribution in [2.24, 2.45) is 7.05 Å². The molecule has 1 amide bonds. The van der Waals surface area contributed by atoms with E-state index in [0.29, 0.717) is 34.8 Å². The number of rotatable bonds is 8. The third kappa shape index (κ3) is 5.16. The Morgan fingerprint density at radius 2 is 2.00 bits per heavy atom. The van der Waals surface area contributed by atoms with Gasteiger partial charge in [-0.2, -0.15) is 0 Å². The van der Waals surface area contributed by atoms with Crippen molar-refractivity contribution in [1.82, 2.24) is 14.5 Å². The van der Waals surface area contributed by atoms with Crippen LogP contribution >= 0.6 is 23.2 Å². The second-order valence-corrected chi connectivity index (χ2v) is 8.28. The summed E-state index contributed by atoms with van der Waals surface area (Å²) in [5.74, 6) is -0.109. The second kappa shape index (κ2) is 10.3. The first-order valence-electron chi connectivity index (χ1n) is 10.1. The molecule has 0 aliphatic carbocycles. The first-order valence-corrected chi connectivity index (χ1v) is 10.8. The fourth-order valence-corrected chi connectivity index (χ4v) is 3.93. The minimum atomic E-state index is -0.643. The van der Waals surface area contributed by atoms with Crippen molar-refractivity contribution in [1.29, 1.82) is 0 Å². The third-order valence-corrected chi connectivity index (χ3v) is 5.87. The van der Waals surface area contributed by atoms with E-state index in [1.807, 2.05) is 0 Å². The molecule has 0 aliphatic rings. The molecule has 174 valence electrons. The van der Waals surface area contributed by atoms with Crippen LogP contribution in [0.1, 0.15) is 35.6 Å². The van der Waals surface area contributed by atoms with Gasteiger partial charge in [0.05, 0.1) is 21.9 Å². The van der Waals surface area contributed by atoms with Gasteiger partial charge < -0.3 is 9.64 Å². The molecule has 0 fully saturated rings. The number of hydrogen-bond acceptors (Lipinski definition) is 6. The van der Waals surface area contributed by atoms with Gasteiger partial charge in [-0.3, -0.25) is 24.3 Å². The van der Waals surface area contributed by atoms with Crippen molar-refractivity contribution in [3.63, 3.8) is 0 Å². The van der Waals surface area contributed by atoms with Gasteiger partial charge in [0.25, 0.3) is 17.2 Å². The zero-order valence-corrected chi connectivity index (χ0v) is 19.8. The molecular formula is C22H22Cl2N4O5. The molecule has 2 aromatic carbocycles. The van der Waals surface area contributed by atoms with E-state index in [4.69, 9.17) is 27.9 Å². The first kappa shape index (κ1) is 24.6. The summed E-state index contributed by atoms with van der Waals surface area (Å²) in [6.45, 7) is 2.41. The topological polar surface area (TPSA) is 108 Å². The molecule has 1 heterocycles. The Labute approximate surface area is 199 Å². The predicted octanol–water partition coefficient (Wildman–Crippen LogP) is 4.39. The highest BCUT2D eigenvalue weighted by Gasteiger charge is 2.27. The lowest BCUT2D eigenvalue weighted by atomic mass is 10.1.